The van der Waals surface area contributed by atoms with Gasteiger partial charge >= 0.3 is 0 Å². The van der Waals surface area contributed by atoms with Gasteiger partial charge in [-0.3, -0.25) is 4.90 Å². The molecule has 0 amide bonds. The Morgan fingerprint density at radius 3 is 2.33 bits per heavy atom. The smallest absolute Gasteiger partial charge is 0.118 e. The van der Waals surface area contributed by atoms with Gasteiger partial charge in [0.05, 0.1) is 7.11 Å². The van der Waals surface area contributed by atoms with Crippen LogP contribution in [0.3, 0.4) is 0 Å². The highest BCUT2D eigenvalue weighted by Crippen LogP contribution is 2.35. The number of methoxy groups -OCH3 is 1. The first-order valence-electron chi connectivity index (χ1n) is 7.96. The van der Waals surface area contributed by atoms with Crippen molar-refractivity contribution in [3.63, 3.8) is 0 Å². The molecule has 118 valence electrons. The average Bonchev–Trinajstić information content (AvgIpc) is 2.95. The van der Waals surface area contributed by atoms with Gasteiger partial charge in [0.2, 0.25) is 0 Å². The first-order valence-corrected chi connectivity index (χ1v) is 7.96. The number of nitrogens with zero attached hydrogens (tertiary/aromatic N) is 1. The van der Waals surface area contributed by atoms with E-state index in [2.05, 4.69) is 44.7 Å². The van der Waals surface area contributed by atoms with Gasteiger partial charge in [0.15, 0.2) is 0 Å². The lowest BCUT2D eigenvalue weighted by Gasteiger charge is -2.32. The van der Waals surface area contributed by atoms with Crippen LogP contribution >= 0.6 is 0 Å². The fraction of sp³-hybridized carbons (Fsp3) is 0.667. The van der Waals surface area contributed by atoms with Crippen LogP contribution in [-0.4, -0.2) is 31.1 Å². The van der Waals surface area contributed by atoms with Crippen LogP contribution in [0.15, 0.2) is 24.3 Å². The molecule has 0 saturated carbocycles. The molecule has 3 heteroatoms. The van der Waals surface area contributed by atoms with Crippen molar-refractivity contribution in [3.05, 3.63) is 29.8 Å². The van der Waals surface area contributed by atoms with Gasteiger partial charge in [-0.2, -0.15) is 0 Å². The normalized spacial score (nSPS) is 23.0. The molecule has 1 aromatic carbocycles. The number of hydrogen-bond acceptors (Lipinski definition) is 3. The highest BCUT2D eigenvalue weighted by atomic mass is 16.5. The summed E-state index contributed by atoms with van der Waals surface area (Å²) in [6.45, 7) is 11.6. The molecule has 0 bridgehead atoms. The molecule has 3 unspecified atom stereocenters. The van der Waals surface area contributed by atoms with E-state index in [0.29, 0.717) is 11.5 Å². The van der Waals surface area contributed by atoms with Crippen LogP contribution in [-0.2, 0) is 0 Å². The molecule has 0 aromatic heterocycles. The van der Waals surface area contributed by atoms with E-state index >= 15 is 0 Å². The lowest BCUT2D eigenvalue weighted by molar-refractivity contribution is 0.186. The van der Waals surface area contributed by atoms with Crippen molar-refractivity contribution in [1.82, 2.24) is 4.90 Å². The zero-order valence-corrected chi connectivity index (χ0v) is 14.1. The molecule has 0 radical (unpaired) electrons. The first kappa shape index (κ1) is 16.3. The lowest BCUT2D eigenvalue weighted by atomic mass is 9.80. The summed E-state index contributed by atoms with van der Waals surface area (Å²) in [5, 5.41) is 0. The minimum atomic E-state index is 0.0506. The SMILES string of the molecule is COc1ccc(C(N)C(C)N2CCC(C(C)(C)C)C2)cc1. The third kappa shape index (κ3) is 3.78. The highest BCUT2D eigenvalue weighted by Gasteiger charge is 2.35. The van der Waals surface area contributed by atoms with E-state index in [9.17, 15) is 0 Å². The van der Waals surface area contributed by atoms with E-state index in [4.69, 9.17) is 10.5 Å². The third-order valence-corrected chi connectivity index (χ3v) is 5.04. The largest absolute Gasteiger partial charge is 0.497 e. The fourth-order valence-electron chi connectivity index (χ4n) is 3.20. The minimum Gasteiger partial charge on any atom is -0.497 e. The summed E-state index contributed by atoms with van der Waals surface area (Å²) in [4.78, 5) is 2.55. The Bertz CT molecular complexity index is 449. The van der Waals surface area contributed by atoms with Gasteiger partial charge in [0.1, 0.15) is 5.75 Å². The Morgan fingerprint density at radius 2 is 1.86 bits per heavy atom. The summed E-state index contributed by atoms with van der Waals surface area (Å²) in [5.41, 5.74) is 8.05. The quantitative estimate of drug-likeness (QED) is 0.923. The molecule has 3 atom stereocenters. The molecular formula is C18H30N2O. The van der Waals surface area contributed by atoms with Crippen molar-refractivity contribution < 1.29 is 4.74 Å². The molecule has 1 fully saturated rings. The molecule has 1 aliphatic heterocycles. The number of likely N-dealkylation sites (tertiary alicyclic amines) is 1. The molecule has 1 aromatic rings. The zero-order valence-electron chi connectivity index (χ0n) is 14.1. The monoisotopic (exact) mass is 290 g/mol. The second-order valence-corrected chi connectivity index (χ2v) is 7.39. The molecule has 21 heavy (non-hydrogen) atoms. The molecule has 2 rings (SSSR count). The maximum absolute atomic E-state index is 6.48. The van der Waals surface area contributed by atoms with Gasteiger partial charge < -0.3 is 10.5 Å². The Hall–Kier alpha value is -1.06. The predicted molar refractivity (Wildman–Crippen MR) is 88.5 cm³/mol. The molecule has 3 nitrogen and oxygen atoms in total. The molecular weight excluding hydrogens is 260 g/mol. The summed E-state index contributed by atoms with van der Waals surface area (Å²) >= 11 is 0. The van der Waals surface area contributed by atoms with Crippen molar-refractivity contribution in [2.45, 2.75) is 46.2 Å². The summed E-state index contributed by atoms with van der Waals surface area (Å²) in [7, 11) is 1.69. The molecule has 2 N–H and O–H groups in total. The zero-order chi connectivity index (χ0) is 15.6. The Balaban J connectivity index is 2.01. The van der Waals surface area contributed by atoms with Crippen molar-refractivity contribution >= 4 is 0 Å². The molecule has 1 saturated heterocycles. The number of rotatable bonds is 4. The van der Waals surface area contributed by atoms with Gasteiger partial charge in [0.25, 0.3) is 0 Å². The highest BCUT2D eigenvalue weighted by molar-refractivity contribution is 5.29. The van der Waals surface area contributed by atoms with Crippen molar-refractivity contribution in [2.24, 2.45) is 17.1 Å². The molecule has 1 aliphatic rings. The van der Waals surface area contributed by atoms with Gasteiger partial charge in [-0.1, -0.05) is 32.9 Å². The van der Waals surface area contributed by atoms with E-state index in [1.54, 1.807) is 7.11 Å². The Morgan fingerprint density at radius 1 is 1.24 bits per heavy atom. The lowest BCUT2D eigenvalue weighted by Crippen LogP contribution is -2.40. The molecule has 1 heterocycles. The number of hydrogen-bond donors (Lipinski definition) is 1. The summed E-state index contributed by atoms with van der Waals surface area (Å²) < 4.78 is 5.21. The van der Waals surface area contributed by atoms with Crippen LogP contribution in [0.5, 0.6) is 5.75 Å². The summed E-state index contributed by atoms with van der Waals surface area (Å²) in [5.74, 6) is 1.65. The maximum Gasteiger partial charge on any atom is 0.118 e. The summed E-state index contributed by atoms with van der Waals surface area (Å²) in [6.07, 6.45) is 1.28. The Kier molecular flexibility index (Phi) is 4.95. The molecule has 0 spiro atoms. The van der Waals surface area contributed by atoms with Crippen LogP contribution in [0.1, 0.15) is 45.7 Å². The van der Waals surface area contributed by atoms with E-state index in [1.165, 1.54) is 12.0 Å². The van der Waals surface area contributed by atoms with Gasteiger partial charge in [-0.05, 0) is 48.9 Å². The number of nitrogens with two attached hydrogens (primary N) is 1. The topological polar surface area (TPSA) is 38.5 Å². The maximum atomic E-state index is 6.48. The Labute approximate surface area is 129 Å². The van der Waals surface area contributed by atoms with Crippen molar-refractivity contribution in [2.75, 3.05) is 20.2 Å². The van der Waals surface area contributed by atoms with E-state index in [0.717, 1.165) is 24.8 Å². The second-order valence-electron chi connectivity index (χ2n) is 7.39. The van der Waals surface area contributed by atoms with E-state index < -0.39 is 0 Å². The van der Waals surface area contributed by atoms with Gasteiger partial charge in [-0.25, -0.2) is 0 Å². The standard InChI is InChI=1S/C18H30N2O/c1-13(20-11-10-15(12-20)18(2,3)4)17(19)14-6-8-16(21-5)9-7-14/h6-9,13,15,17H,10-12,19H2,1-5H3. The van der Waals surface area contributed by atoms with Crippen LogP contribution < -0.4 is 10.5 Å². The summed E-state index contributed by atoms with van der Waals surface area (Å²) in [6, 6.07) is 8.56. The van der Waals surface area contributed by atoms with Gasteiger partial charge in [-0.15, -0.1) is 0 Å². The fourth-order valence-corrected chi connectivity index (χ4v) is 3.20. The second kappa shape index (κ2) is 6.37. The predicted octanol–water partition coefficient (Wildman–Crippen LogP) is 3.45. The first-order chi connectivity index (χ1) is 9.82. The van der Waals surface area contributed by atoms with E-state index in [-0.39, 0.29) is 6.04 Å². The van der Waals surface area contributed by atoms with Crippen LogP contribution in [0.4, 0.5) is 0 Å². The molecule has 0 aliphatic carbocycles. The van der Waals surface area contributed by atoms with Crippen molar-refractivity contribution in [3.8, 4) is 5.75 Å². The van der Waals surface area contributed by atoms with Gasteiger partial charge in [0, 0.05) is 18.6 Å². The van der Waals surface area contributed by atoms with Crippen LogP contribution in [0, 0.1) is 11.3 Å². The average molecular weight is 290 g/mol. The van der Waals surface area contributed by atoms with Crippen molar-refractivity contribution in [1.29, 1.82) is 0 Å². The minimum absolute atomic E-state index is 0.0506. The van der Waals surface area contributed by atoms with Crippen LogP contribution in [0.2, 0.25) is 0 Å². The van der Waals surface area contributed by atoms with Crippen LogP contribution in [0.25, 0.3) is 0 Å². The number of benzene rings is 1. The third-order valence-electron chi connectivity index (χ3n) is 5.04. The number of ether oxygens (including phenoxy) is 1. The van der Waals surface area contributed by atoms with E-state index in [1.807, 2.05) is 12.1 Å².